The van der Waals surface area contributed by atoms with Crippen LogP contribution in [0.2, 0.25) is 0 Å². The average molecular weight is 260 g/mol. The van der Waals surface area contributed by atoms with Crippen LogP contribution in [-0.4, -0.2) is 32.4 Å². The van der Waals surface area contributed by atoms with Crippen LogP contribution in [0.1, 0.15) is 28.8 Å². The molecule has 0 saturated heterocycles. The molecule has 0 aliphatic carbocycles. The van der Waals surface area contributed by atoms with Crippen molar-refractivity contribution in [2.75, 3.05) is 12.9 Å². The van der Waals surface area contributed by atoms with Gasteiger partial charge in [0, 0.05) is 12.2 Å². The summed E-state index contributed by atoms with van der Waals surface area (Å²) < 4.78 is 35.7. The Morgan fingerprint density at radius 2 is 2.06 bits per heavy atom. The lowest BCUT2D eigenvalue weighted by Gasteiger charge is -2.13. The zero-order valence-electron chi connectivity index (χ0n) is 9.47. The van der Waals surface area contributed by atoms with Crippen LogP contribution in [0.3, 0.4) is 0 Å². The van der Waals surface area contributed by atoms with Gasteiger partial charge >= 0.3 is 5.97 Å². The average Bonchev–Trinajstić information content (AvgIpc) is 2.26. The Balaban J connectivity index is 3.48. The number of halogens is 1. The molecule has 94 valence electrons. The summed E-state index contributed by atoms with van der Waals surface area (Å²) >= 11 is 0. The number of carbonyl (C=O) groups is 1. The molecule has 0 aromatic heterocycles. The van der Waals surface area contributed by atoms with Gasteiger partial charge in [-0.3, -0.25) is 4.39 Å². The van der Waals surface area contributed by atoms with Gasteiger partial charge in [0.15, 0.2) is 9.84 Å². The molecular weight excluding hydrogens is 247 g/mol. The van der Waals surface area contributed by atoms with E-state index in [1.807, 2.05) is 0 Å². The molecule has 6 heteroatoms. The smallest absolute Gasteiger partial charge is 0.335 e. The van der Waals surface area contributed by atoms with Crippen molar-refractivity contribution in [3.05, 3.63) is 29.3 Å². The molecular formula is C11H13FO4S. The highest BCUT2D eigenvalue weighted by atomic mass is 32.2. The Morgan fingerprint density at radius 3 is 2.47 bits per heavy atom. The van der Waals surface area contributed by atoms with Gasteiger partial charge in [-0.2, -0.15) is 0 Å². The van der Waals surface area contributed by atoms with Gasteiger partial charge in [-0.05, 0) is 17.7 Å². The van der Waals surface area contributed by atoms with E-state index in [4.69, 9.17) is 5.11 Å². The Bertz CT molecular complexity index is 536. The molecule has 1 aromatic carbocycles. The first-order valence-corrected chi connectivity index (χ1v) is 6.79. The van der Waals surface area contributed by atoms with Crippen LogP contribution in [0.25, 0.3) is 0 Å². The Morgan fingerprint density at radius 1 is 1.47 bits per heavy atom. The predicted octanol–water partition coefficient (Wildman–Crippen LogP) is 1.86. The van der Waals surface area contributed by atoms with E-state index in [1.165, 1.54) is 12.1 Å². The molecule has 0 heterocycles. The zero-order chi connectivity index (χ0) is 13.2. The summed E-state index contributed by atoms with van der Waals surface area (Å²) in [7, 11) is -3.57. The van der Waals surface area contributed by atoms with Crippen molar-refractivity contribution >= 4 is 15.8 Å². The largest absolute Gasteiger partial charge is 0.478 e. The van der Waals surface area contributed by atoms with Crippen LogP contribution in [0.5, 0.6) is 0 Å². The van der Waals surface area contributed by atoms with Crippen molar-refractivity contribution in [3.8, 4) is 0 Å². The number of carboxylic acid groups (broad SMARTS) is 1. The minimum atomic E-state index is -3.57. The van der Waals surface area contributed by atoms with E-state index in [1.54, 1.807) is 6.92 Å². The Labute approximate surface area is 99.0 Å². The van der Waals surface area contributed by atoms with Crippen molar-refractivity contribution in [1.82, 2.24) is 0 Å². The maximum absolute atomic E-state index is 12.6. The molecule has 1 unspecified atom stereocenters. The SMILES string of the molecule is CC(CF)c1ccc(C(=O)O)cc1S(C)(=O)=O. The molecule has 0 saturated carbocycles. The van der Waals surface area contributed by atoms with E-state index in [-0.39, 0.29) is 10.5 Å². The second-order valence-corrected chi connectivity index (χ2v) is 5.87. The minimum absolute atomic E-state index is 0.123. The highest BCUT2D eigenvalue weighted by molar-refractivity contribution is 7.90. The van der Waals surface area contributed by atoms with Gasteiger partial charge in [-0.1, -0.05) is 13.0 Å². The summed E-state index contributed by atoms with van der Waals surface area (Å²) in [4.78, 5) is 10.6. The molecule has 0 spiro atoms. The van der Waals surface area contributed by atoms with E-state index in [0.717, 1.165) is 12.3 Å². The summed E-state index contributed by atoms with van der Waals surface area (Å²) in [6.45, 7) is 0.847. The van der Waals surface area contributed by atoms with Gasteiger partial charge in [-0.25, -0.2) is 13.2 Å². The van der Waals surface area contributed by atoms with Crippen LogP contribution in [-0.2, 0) is 9.84 Å². The van der Waals surface area contributed by atoms with E-state index in [0.29, 0.717) is 5.56 Å². The van der Waals surface area contributed by atoms with Gasteiger partial charge in [-0.15, -0.1) is 0 Å². The highest BCUT2D eigenvalue weighted by Gasteiger charge is 2.19. The van der Waals surface area contributed by atoms with Crippen LogP contribution in [0.4, 0.5) is 4.39 Å². The maximum Gasteiger partial charge on any atom is 0.335 e. The number of alkyl halides is 1. The summed E-state index contributed by atoms with van der Waals surface area (Å²) in [6, 6.07) is 3.70. The molecule has 4 nitrogen and oxygen atoms in total. The van der Waals surface area contributed by atoms with E-state index >= 15 is 0 Å². The number of sulfone groups is 1. The fraction of sp³-hybridized carbons (Fsp3) is 0.364. The predicted molar refractivity (Wildman–Crippen MR) is 60.9 cm³/mol. The number of carboxylic acids is 1. The molecule has 1 aromatic rings. The van der Waals surface area contributed by atoms with Gasteiger partial charge in [0.05, 0.1) is 17.1 Å². The molecule has 0 radical (unpaired) electrons. The topological polar surface area (TPSA) is 71.4 Å². The molecule has 0 bridgehead atoms. The number of hydrogen-bond donors (Lipinski definition) is 1. The molecule has 17 heavy (non-hydrogen) atoms. The molecule has 0 aliphatic heterocycles. The molecule has 0 aliphatic rings. The minimum Gasteiger partial charge on any atom is -0.478 e. The lowest BCUT2D eigenvalue weighted by atomic mass is 10.0. The number of hydrogen-bond acceptors (Lipinski definition) is 3. The molecule has 1 rings (SSSR count). The van der Waals surface area contributed by atoms with Gasteiger partial charge in [0.25, 0.3) is 0 Å². The molecule has 0 fully saturated rings. The first-order chi connectivity index (χ1) is 7.77. The molecule has 1 N–H and O–H groups in total. The number of aromatic carboxylic acids is 1. The third-order valence-electron chi connectivity index (χ3n) is 2.42. The summed E-state index contributed by atoms with van der Waals surface area (Å²) in [5, 5.41) is 8.79. The standard InChI is InChI=1S/C11H13FO4S/c1-7(6-12)9-4-3-8(11(13)14)5-10(9)17(2,15)16/h3-5,7H,6H2,1-2H3,(H,13,14). The van der Waals surface area contributed by atoms with Gasteiger partial charge < -0.3 is 5.11 Å². The summed E-state index contributed by atoms with van der Waals surface area (Å²) in [5.74, 6) is -1.79. The first kappa shape index (κ1) is 13.6. The summed E-state index contributed by atoms with van der Waals surface area (Å²) in [6.07, 6.45) is 0.975. The van der Waals surface area contributed by atoms with E-state index in [9.17, 15) is 17.6 Å². The van der Waals surface area contributed by atoms with Gasteiger partial charge in [0.1, 0.15) is 0 Å². The second kappa shape index (κ2) is 4.83. The fourth-order valence-corrected chi connectivity index (χ4v) is 2.52. The van der Waals surface area contributed by atoms with Gasteiger partial charge in [0.2, 0.25) is 0 Å². The first-order valence-electron chi connectivity index (χ1n) is 4.90. The third-order valence-corrected chi connectivity index (χ3v) is 3.57. The highest BCUT2D eigenvalue weighted by Crippen LogP contribution is 2.25. The van der Waals surface area contributed by atoms with Crippen molar-refractivity contribution in [2.24, 2.45) is 0 Å². The monoisotopic (exact) mass is 260 g/mol. The zero-order valence-corrected chi connectivity index (χ0v) is 10.3. The van der Waals surface area contributed by atoms with Crippen LogP contribution in [0, 0.1) is 0 Å². The van der Waals surface area contributed by atoms with E-state index in [2.05, 4.69) is 0 Å². The van der Waals surface area contributed by atoms with Crippen molar-refractivity contribution in [2.45, 2.75) is 17.7 Å². The third kappa shape index (κ3) is 3.03. The van der Waals surface area contributed by atoms with Crippen molar-refractivity contribution in [3.63, 3.8) is 0 Å². The molecule has 1 atom stereocenters. The second-order valence-electron chi connectivity index (χ2n) is 3.89. The van der Waals surface area contributed by atoms with Crippen LogP contribution >= 0.6 is 0 Å². The van der Waals surface area contributed by atoms with Crippen molar-refractivity contribution < 1.29 is 22.7 Å². The Hall–Kier alpha value is -1.43. The molecule has 0 amide bonds. The van der Waals surface area contributed by atoms with Crippen LogP contribution < -0.4 is 0 Å². The van der Waals surface area contributed by atoms with E-state index < -0.39 is 28.4 Å². The number of benzene rings is 1. The number of rotatable bonds is 4. The fourth-order valence-electron chi connectivity index (χ4n) is 1.48. The Kier molecular flexibility index (Phi) is 3.87. The van der Waals surface area contributed by atoms with Crippen LogP contribution in [0.15, 0.2) is 23.1 Å². The summed E-state index contributed by atoms with van der Waals surface area (Å²) in [5.41, 5.74) is 0.181. The lowest BCUT2D eigenvalue weighted by molar-refractivity contribution is 0.0696. The maximum atomic E-state index is 12.6. The van der Waals surface area contributed by atoms with Crippen molar-refractivity contribution in [1.29, 1.82) is 0 Å². The quantitative estimate of drug-likeness (QED) is 0.897. The lowest BCUT2D eigenvalue weighted by Crippen LogP contribution is -2.09. The normalized spacial score (nSPS) is 13.4.